The number of hydrogen-bond acceptors (Lipinski definition) is 3. The Balaban J connectivity index is 1.89. The second kappa shape index (κ2) is 7.66. The van der Waals surface area contributed by atoms with Crippen molar-refractivity contribution in [2.45, 2.75) is 6.42 Å². The van der Waals surface area contributed by atoms with Crippen molar-refractivity contribution in [3.63, 3.8) is 0 Å². The van der Waals surface area contributed by atoms with Crippen LogP contribution in [0.4, 0.5) is 0 Å². The fraction of sp³-hybridized carbons (Fsp3) is 0.0909. The molecule has 0 aromatic heterocycles. The fourth-order valence-electron chi connectivity index (χ4n) is 2.89. The Hall–Kier alpha value is -3.40. The van der Waals surface area contributed by atoms with E-state index in [0.717, 1.165) is 16.3 Å². The maximum absolute atomic E-state index is 12.5. The van der Waals surface area contributed by atoms with E-state index in [4.69, 9.17) is 9.84 Å². The number of allylic oxidation sites excluding steroid dienone is 1. The summed E-state index contributed by atoms with van der Waals surface area (Å²) in [4.78, 5) is 23.5. The zero-order valence-corrected chi connectivity index (χ0v) is 14.3. The highest BCUT2D eigenvalue weighted by Crippen LogP contribution is 2.22. The van der Waals surface area contributed by atoms with Gasteiger partial charge in [-0.3, -0.25) is 9.59 Å². The quantitative estimate of drug-likeness (QED) is 0.532. The van der Waals surface area contributed by atoms with Gasteiger partial charge in [-0.25, -0.2) is 0 Å². The Kier molecular flexibility index (Phi) is 5.13. The van der Waals surface area contributed by atoms with E-state index in [0.29, 0.717) is 16.9 Å². The summed E-state index contributed by atoms with van der Waals surface area (Å²) in [5, 5.41) is 11.2. The topological polar surface area (TPSA) is 63.6 Å². The molecule has 0 aliphatic heterocycles. The lowest BCUT2D eigenvalue weighted by molar-refractivity contribution is -0.136. The van der Waals surface area contributed by atoms with Crippen LogP contribution in [-0.4, -0.2) is 24.0 Å². The summed E-state index contributed by atoms with van der Waals surface area (Å²) < 4.78 is 5.17. The van der Waals surface area contributed by atoms with E-state index in [2.05, 4.69) is 0 Å². The molecule has 0 fully saturated rings. The molecule has 3 rings (SSSR count). The summed E-state index contributed by atoms with van der Waals surface area (Å²) in [6.45, 7) is 0. The van der Waals surface area contributed by atoms with Gasteiger partial charge >= 0.3 is 5.97 Å². The van der Waals surface area contributed by atoms with Crippen LogP contribution >= 0.6 is 0 Å². The molecule has 0 aliphatic carbocycles. The zero-order valence-electron chi connectivity index (χ0n) is 14.3. The lowest BCUT2D eigenvalue weighted by Crippen LogP contribution is -2.04. The molecule has 1 N–H and O–H groups in total. The van der Waals surface area contributed by atoms with Crippen molar-refractivity contribution in [3.05, 3.63) is 83.4 Å². The summed E-state index contributed by atoms with van der Waals surface area (Å²) in [6.07, 6.45) is 3.09. The molecule has 0 aliphatic rings. The Labute approximate surface area is 151 Å². The van der Waals surface area contributed by atoms with Gasteiger partial charge in [-0.05, 0) is 40.6 Å². The molecule has 4 heteroatoms. The molecule has 0 atom stereocenters. The van der Waals surface area contributed by atoms with Crippen molar-refractivity contribution in [2.75, 3.05) is 7.11 Å². The average molecular weight is 346 g/mol. The molecule has 0 spiro atoms. The van der Waals surface area contributed by atoms with E-state index >= 15 is 0 Å². The number of carboxylic acids is 1. The van der Waals surface area contributed by atoms with Crippen LogP contribution in [0.1, 0.15) is 21.5 Å². The molecule has 0 unspecified atom stereocenters. The monoisotopic (exact) mass is 346 g/mol. The largest absolute Gasteiger partial charge is 0.496 e. The number of ketones is 1. The smallest absolute Gasteiger partial charge is 0.307 e. The van der Waals surface area contributed by atoms with Crippen LogP contribution in [0.15, 0.2) is 66.7 Å². The average Bonchev–Trinajstić information content (AvgIpc) is 2.65. The van der Waals surface area contributed by atoms with Gasteiger partial charge in [-0.1, -0.05) is 48.5 Å². The first kappa shape index (κ1) is 17.4. The third-order valence-corrected chi connectivity index (χ3v) is 4.14. The van der Waals surface area contributed by atoms with Crippen molar-refractivity contribution in [1.29, 1.82) is 0 Å². The number of rotatable bonds is 6. The van der Waals surface area contributed by atoms with Crippen molar-refractivity contribution >= 4 is 28.6 Å². The van der Waals surface area contributed by atoms with Gasteiger partial charge in [-0.15, -0.1) is 0 Å². The summed E-state index contributed by atoms with van der Waals surface area (Å²) in [5.74, 6) is -0.701. The number of carbonyl (C=O) groups excluding carboxylic acids is 1. The van der Waals surface area contributed by atoms with Gasteiger partial charge in [0.15, 0.2) is 5.78 Å². The number of methoxy groups -OCH3 is 1. The van der Waals surface area contributed by atoms with Crippen molar-refractivity contribution < 1.29 is 19.4 Å². The van der Waals surface area contributed by atoms with Crippen LogP contribution < -0.4 is 4.74 Å². The molecule has 0 bridgehead atoms. The maximum Gasteiger partial charge on any atom is 0.307 e. The van der Waals surface area contributed by atoms with Gasteiger partial charge in [0, 0.05) is 11.1 Å². The summed E-state index contributed by atoms with van der Waals surface area (Å²) in [5.41, 5.74) is 1.86. The first-order chi connectivity index (χ1) is 12.6. The van der Waals surface area contributed by atoms with Crippen molar-refractivity contribution in [2.24, 2.45) is 0 Å². The second-order valence-electron chi connectivity index (χ2n) is 5.86. The fourth-order valence-corrected chi connectivity index (χ4v) is 2.89. The SMILES string of the molecule is COc1ccc(C(=O)/C=C/c2cccc3ccccc23)cc1CC(=O)O. The van der Waals surface area contributed by atoms with E-state index in [1.54, 1.807) is 24.3 Å². The minimum absolute atomic E-state index is 0.188. The lowest BCUT2D eigenvalue weighted by Gasteiger charge is -2.08. The maximum atomic E-state index is 12.5. The molecule has 3 aromatic rings. The van der Waals surface area contributed by atoms with Gasteiger partial charge in [0.25, 0.3) is 0 Å². The normalized spacial score (nSPS) is 11.0. The van der Waals surface area contributed by atoms with Crippen LogP contribution in [0, 0.1) is 0 Å². The molecular formula is C22H18O4. The molecule has 130 valence electrons. The third kappa shape index (κ3) is 3.81. The van der Waals surface area contributed by atoms with Gasteiger partial charge in [0.05, 0.1) is 13.5 Å². The Bertz CT molecular complexity index is 997. The summed E-state index contributed by atoms with van der Waals surface area (Å²) in [7, 11) is 1.47. The van der Waals surface area contributed by atoms with Crippen LogP contribution in [0.3, 0.4) is 0 Å². The number of carboxylic acid groups (broad SMARTS) is 1. The zero-order chi connectivity index (χ0) is 18.5. The predicted octanol–water partition coefficient (Wildman–Crippen LogP) is 4.37. The molecule has 0 radical (unpaired) electrons. The first-order valence-corrected chi connectivity index (χ1v) is 8.17. The summed E-state index contributed by atoms with van der Waals surface area (Å²) in [6, 6.07) is 18.7. The van der Waals surface area contributed by atoms with Crippen LogP contribution in [0.2, 0.25) is 0 Å². The van der Waals surface area contributed by atoms with E-state index in [-0.39, 0.29) is 12.2 Å². The number of benzene rings is 3. The predicted molar refractivity (Wildman–Crippen MR) is 102 cm³/mol. The number of carbonyl (C=O) groups is 2. The number of fused-ring (bicyclic) bond motifs is 1. The molecule has 0 saturated heterocycles. The molecule has 0 amide bonds. The van der Waals surface area contributed by atoms with Gasteiger partial charge < -0.3 is 9.84 Å². The van der Waals surface area contributed by atoms with E-state index in [1.165, 1.54) is 13.2 Å². The van der Waals surface area contributed by atoms with Gasteiger partial charge in [0.1, 0.15) is 5.75 Å². The lowest BCUT2D eigenvalue weighted by atomic mass is 10.0. The van der Waals surface area contributed by atoms with Gasteiger partial charge in [-0.2, -0.15) is 0 Å². The number of ether oxygens (including phenoxy) is 1. The highest BCUT2D eigenvalue weighted by Gasteiger charge is 2.11. The molecule has 3 aromatic carbocycles. The molecule has 0 saturated carbocycles. The Morgan fingerprint density at radius 1 is 1.04 bits per heavy atom. The van der Waals surface area contributed by atoms with Crippen molar-refractivity contribution in [3.8, 4) is 5.75 Å². The highest BCUT2D eigenvalue weighted by atomic mass is 16.5. The minimum Gasteiger partial charge on any atom is -0.496 e. The number of hydrogen-bond donors (Lipinski definition) is 1. The van der Waals surface area contributed by atoms with E-state index in [9.17, 15) is 9.59 Å². The van der Waals surface area contributed by atoms with Crippen molar-refractivity contribution in [1.82, 2.24) is 0 Å². The molecule has 26 heavy (non-hydrogen) atoms. The number of aliphatic carboxylic acids is 1. The summed E-state index contributed by atoms with van der Waals surface area (Å²) >= 11 is 0. The second-order valence-corrected chi connectivity index (χ2v) is 5.86. The van der Waals surface area contributed by atoms with Crippen LogP contribution in [0.5, 0.6) is 5.75 Å². The van der Waals surface area contributed by atoms with Crippen LogP contribution in [-0.2, 0) is 11.2 Å². The Morgan fingerprint density at radius 3 is 2.58 bits per heavy atom. The third-order valence-electron chi connectivity index (χ3n) is 4.14. The molecular weight excluding hydrogens is 328 g/mol. The highest BCUT2D eigenvalue weighted by molar-refractivity contribution is 6.08. The van der Waals surface area contributed by atoms with E-state index < -0.39 is 5.97 Å². The van der Waals surface area contributed by atoms with E-state index in [1.807, 2.05) is 42.5 Å². The standard InChI is InChI=1S/C22H18O4/c1-26-21-12-10-17(13-18(21)14-22(24)25)20(23)11-9-16-7-4-6-15-5-2-3-8-19(15)16/h2-13H,14H2,1H3,(H,24,25)/b11-9+. The first-order valence-electron chi connectivity index (χ1n) is 8.17. The minimum atomic E-state index is -0.973. The van der Waals surface area contributed by atoms with Crippen LogP contribution in [0.25, 0.3) is 16.8 Å². The molecule has 4 nitrogen and oxygen atoms in total. The Morgan fingerprint density at radius 2 is 1.81 bits per heavy atom. The molecule has 0 heterocycles. The van der Waals surface area contributed by atoms with Gasteiger partial charge in [0.2, 0.25) is 0 Å².